The molecule has 1 aromatic carbocycles. The Morgan fingerprint density at radius 2 is 2.16 bits per heavy atom. The first-order chi connectivity index (χ1) is 9.20. The smallest absolute Gasteiger partial charge is 0.141 e. The van der Waals surface area contributed by atoms with Crippen molar-refractivity contribution in [2.24, 2.45) is 0 Å². The molecule has 0 aliphatic heterocycles. The van der Waals surface area contributed by atoms with E-state index in [1.807, 2.05) is 25.3 Å². The molecule has 19 heavy (non-hydrogen) atoms. The van der Waals surface area contributed by atoms with Gasteiger partial charge in [-0.25, -0.2) is 4.68 Å². The van der Waals surface area contributed by atoms with Gasteiger partial charge in [-0.05, 0) is 24.6 Å². The number of benzene rings is 1. The third kappa shape index (κ3) is 3.86. The van der Waals surface area contributed by atoms with E-state index in [1.165, 1.54) is 0 Å². The Kier molecular flexibility index (Phi) is 5.07. The molecule has 0 spiro atoms. The molecule has 0 atom stereocenters. The molecule has 0 bridgehead atoms. The third-order valence-electron chi connectivity index (χ3n) is 2.66. The maximum absolute atomic E-state index is 5.39. The summed E-state index contributed by atoms with van der Waals surface area (Å²) in [5, 5.41) is 8.21. The number of rotatable bonds is 6. The van der Waals surface area contributed by atoms with Crippen LogP contribution in [0.15, 0.2) is 28.9 Å². The zero-order valence-electron chi connectivity index (χ0n) is 11.0. The highest BCUT2D eigenvalue weighted by Gasteiger charge is 2.07. The highest BCUT2D eigenvalue weighted by Crippen LogP contribution is 2.24. The van der Waals surface area contributed by atoms with Crippen LogP contribution in [0.25, 0.3) is 11.3 Å². The van der Waals surface area contributed by atoms with Crippen LogP contribution in [0.1, 0.15) is 5.56 Å². The topological polar surface area (TPSA) is 49.2 Å². The van der Waals surface area contributed by atoms with Crippen molar-refractivity contribution in [3.8, 4) is 11.3 Å². The second-order valence-electron chi connectivity index (χ2n) is 4.13. The fourth-order valence-electron chi connectivity index (χ4n) is 1.70. The van der Waals surface area contributed by atoms with Gasteiger partial charge in [-0.3, -0.25) is 0 Å². The van der Waals surface area contributed by atoms with E-state index in [2.05, 4.69) is 32.3 Å². The minimum atomic E-state index is 0.381. The van der Waals surface area contributed by atoms with Gasteiger partial charge in [-0.15, -0.1) is 5.10 Å². The van der Waals surface area contributed by atoms with Crippen LogP contribution >= 0.6 is 15.9 Å². The number of ether oxygens (including phenoxy) is 2. The summed E-state index contributed by atoms with van der Waals surface area (Å²) in [6.45, 7) is 3.55. The van der Waals surface area contributed by atoms with Gasteiger partial charge in [-0.2, -0.15) is 0 Å². The van der Waals surface area contributed by atoms with Crippen LogP contribution in [0.3, 0.4) is 0 Å². The van der Waals surface area contributed by atoms with Crippen molar-refractivity contribution in [2.45, 2.75) is 13.7 Å². The predicted molar refractivity (Wildman–Crippen MR) is 75.7 cm³/mol. The van der Waals surface area contributed by atoms with Gasteiger partial charge in [0.15, 0.2) is 0 Å². The average molecular weight is 326 g/mol. The molecule has 1 heterocycles. The van der Waals surface area contributed by atoms with Crippen molar-refractivity contribution < 1.29 is 9.47 Å². The normalized spacial score (nSPS) is 10.9. The molecule has 0 radical (unpaired) electrons. The molecule has 5 nitrogen and oxygen atoms in total. The third-order valence-corrected chi connectivity index (χ3v) is 3.15. The zero-order valence-corrected chi connectivity index (χ0v) is 12.6. The van der Waals surface area contributed by atoms with Crippen molar-refractivity contribution in [1.29, 1.82) is 0 Å². The maximum atomic E-state index is 5.39. The summed E-state index contributed by atoms with van der Waals surface area (Å²) < 4.78 is 13.0. The Bertz CT molecular complexity index is 542. The van der Waals surface area contributed by atoms with Crippen LogP contribution < -0.4 is 0 Å². The Balaban J connectivity index is 2.04. The number of hydrogen-bond acceptors (Lipinski definition) is 4. The number of aryl methyl sites for hydroxylation is 1. The minimum Gasteiger partial charge on any atom is -0.382 e. The molecule has 6 heteroatoms. The Morgan fingerprint density at radius 3 is 2.89 bits per heavy atom. The van der Waals surface area contributed by atoms with Gasteiger partial charge in [0.1, 0.15) is 12.4 Å². The Labute approximate surface area is 120 Å². The van der Waals surface area contributed by atoms with Crippen LogP contribution in [0, 0.1) is 6.92 Å². The molecule has 0 N–H and O–H groups in total. The van der Waals surface area contributed by atoms with Crippen molar-refractivity contribution >= 4 is 15.9 Å². The summed E-state index contributed by atoms with van der Waals surface area (Å²) in [7, 11) is 1.65. The van der Waals surface area contributed by atoms with E-state index in [0.717, 1.165) is 21.3 Å². The van der Waals surface area contributed by atoms with E-state index in [9.17, 15) is 0 Å². The lowest BCUT2D eigenvalue weighted by atomic mass is 10.1. The first-order valence-electron chi connectivity index (χ1n) is 5.94. The van der Waals surface area contributed by atoms with Gasteiger partial charge in [-0.1, -0.05) is 27.2 Å². The highest BCUT2D eigenvalue weighted by molar-refractivity contribution is 9.10. The molecule has 0 aliphatic rings. The molecular formula is C13H16BrN3O2. The number of nitrogens with zero attached hydrogens (tertiary/aromatic N) is 3. The van der Waals surface area contributed by atoms with E-state index >= 15 is 0 Å². The van der Waals surface area contributed by atoms with E-state index in [1.54, 1.807) is 11.8 Å². The first kappa shape index (κ1) is 14.2. The van der Waals surface area contributed by atoms with Crippen LogP contribution in [-0.4, -0.2) is 35.3 Å². The number of hydrogen-bond donors (Lipinski definition) is 0. The monoisotopic (exact) mass is 325 g/mol. The van der Waals surface area contributed by atoms with Crippen LogP contribution in [-0.2, 0) is 16.2 Å². The lowest BCUT2D eigenvalue weighted by molar-refractivity contribution is 0.0281. The molecule has 2 aromatic rings. The summed E-state index contributed by atoms with van der Waals surface area (Å²) in [4.78, 5) is 0. The lowest BCUT2D eigenvalue weighted by Crippen LogP contribution is -2.07. The maximum Gasteiger partial charge on any atom is 0.141 e. The second kappa shape index (κ2) is 6.79. The summed E-state index contributed by atoms with van der Waals surface area (Å²) in [5.74, 6) is 0. The largest absolute Gasteiger partial charge is 0.382 e. The Hall–Kier alpha value is -1.24. The summed E-state index contributed by atoms with van der Waals surface area (Å²) in [6.07, 6.45) is 1.88. The summed E-state index contributed by atoms with van der Waals surface area (Å²) in [6, 6.07) is 6.08. The number of methoxy groups -OCH3 is 1. The molecule has 102 valence electrons. The highest BCUT2D eigenvalue weighted by atomic mass is 79.9. The Morgan fingerprint density at radius 1 is 1.32 bits per heavy atom. The summed E-state index contributed by atoms with van der Waals surface area (Å²) >= 11 is 3.45. The average Bonchev–Trinajstić information content (AvgIpc) is 2.83. The van der Waals surface area contributed by atoms with E-state index in [-0.39, 0.29) is 0 Å². The molecule has 2 rings (SSSR count). The van der Waals surface area contributed by atoms with Gasteiger partial charge in [0.25, 0.3) is 0 Å². The van der Waals surface area contributed by atoms with Gasteiger partial charge >= 0.3 is 0 Å². The van der Waals surface area contributed by atoms with Crippen molar-refractivity contribution in [1.82, 2.24) is 15.0 Å². The minimum absolute atomic E-state index is 0.381. The van der Waals surface area contributed by atoms with Gasteiger partial charge in [0, 0.05) is 17.1 Å². The molecule has 1 aromatic heterocycles. The molecule has 0 saturated heterocycles. The van der Waals surface area contributed by atoms with Crippen molar-refractivity contribution in [2.75, 3.05) is 20.3 Å². The molecule has 0 fully saturated rings. The van der Waals surface area contributed by atoms with Crippen molar-refractivity contribution in [3.05, 3.63) is 34.4 Å². The van der Waals surface area contributed by atoms with Gasteiger partial charge in [0.05, 0.1) is 19.4 Å². The molecule has 0 aliphatic carbocycles. The van der Waals surface area contributed by atoms with Gasteiger partial charge < -0.3 is 9.47 Å². The standard InChI is InChI=1S/C13H16BrN3O2/c1-10-7-11(14)3-4-12(10)13-8-17(16-15-13)9-19-6-5-18-2/h3-4,7-8H,5-6,9H2,1-2H3. The fourth-order valence-corrected chi connectivity index (χ4v) is 2.18. The van der Waals surface area contributed by atoms with Crippen LogP contribution in [0.4, 0.5) is 0 Å². The lowest BCUT2D eigenvalue weighted by Gasteiger charge is -2.03. The van der Waals surface area contributed by atoms with Crippen LogP contribution in [0.2, 0.25) is 0 Å². The summed E-state index contributed by atoms with van der Waals surface area (Å²) in [5.41, 5.74) is 3.08. The fraction of sp³-hybridized carbons (Fsp3) is 0.385. The SMILES string of the molecule is COCCOCn1cc(-c2ccc(Br)cc2C)nn1. The number of halogens is 1. The quantitative estimate of drug-likeness (QED) is 0.766. The van der Waals surface area contributed by atoms with Gasteiger partial charge in [0.2, 0.25) is 0 Å². The van der Waals surface area contributed by atoms with E-state index in [0.29, 0.717) is 19.9 Å². The molecule has 0 amide bonds. The predicted octanol–water partition coefficient (Wildman–Crippen LogP) is 2.64. The molecule has 0 saturated carbocycles. The first-order valence-corrected chi connectivity index (χ1v) is 6.73. The zero-order chi connectivity index (χ0) is 13.7. The second-order valence-corrected chi connectivity index (χ2v) is 5.05. The molecular weight excluding hydrogens is 310 g/mol. The van der Waals surface area contributed by atoms with E-state index in [4.69, 9.17) is 9.47 Å². The van der Waals surface area contributed by atoms with Crippen LogP contribution in [0.5, 0.6) is 0 Å². The molecule has 0 unspecified atom stereocenters. The number of aromatic nitrogens is 3. The van der Waals surface area contributed by atoms with Crippen molar-refractivity contribution in [3.63, 3.8) is 0 Å². The van der Waals surface area contributed by atoms with E-state index < -0.39 is 0 Å².